The fourth-order valence-electron chi connectivity index (χ4n) is 3.16. The summed E-state index contributed by atoms with van der Waals surface area (Å²) in [5.74, 6) is 0.885. The molecule has 1 aromatic carbocycles. The zero-order chi connectivity index (χ0) is 11.7. The van der Waals surface area contributed by atoms with Crippen molar-refractivity contribution in [3.05, 3.63) is 34.3 Å². The van der Waals surface area contributed by atoms with Gasteiger partial charge in [-0.25, -0.2) is 0 Å². The van der Waals surface area contributed by atoms with Gasteiger partial charge in [-0.2, -0.15) is 0 Å². The summed E-state index contributed by atoms with van der Waals surface area (Å²) in [6.07, 6.45) is 2.68. The molecule has 0 saturated carbocycles. The lowest BCUT2D eigenvalue weighted by molar-refractivity contribution is 0.156. The van der Waals surface area contributed by atoms with Crippen LogP contribution in [0.15, 0.2) is 28.7 Å². The standard InChI is InChI=1S/C14H19BrN2/c15-13-3-1-2-11(8-13)9-17-7-5-14-12(10-17)4-6-16-14/h1-3,8,12,14,16H,4-7,9-10H2. The molecule has 2 fully saturated rings. The molecule has 17 heavy (non-hydrogen) atoms. The lowest BCUT2D eigenvalue weighted by Gasteiger charge is -2.34. The highest BCUT2D eigenvalue weighted by molar-refractivity contribution is 9.10. The van der Waals surface area contributed by atoms with Gasteiger partial charge in [-0.3, -0.25) is 4.90 Å². The highest BCUT2D eigenvalue weighted by atomic mass is 79.9. The van der Waals surface area contributed by atoms with E-state index in [2.05, 4.69) is 50.4 Å². The third-order valence-electron chi connectivity index (χ3n) is 4.03. The number of halogens is 1. The second kappa shape index (κ2) is 5.09. The first-order valence-corrected chi connectivity index (χ1v) is 7.31. The van der Waals surface area contributed by atoms with E-state index in [9.17, 15) is 0 Å². The Kier molecular flexibility index (Phi) is 3.50. The zero-order valence-electron chi connectivity index (χ0n) is 10.0. The maximum atomic E-state index is 3.62. The summed E-state index contributed by atoms with van der Waals surface area (Å²) in [6, 6.07) is 9.48. The van der Waals surface area contributed by atoms with Crippen LogP contribution < -0.4 is 5.32 Å². The Morgan fingerprint density at radius 3 is 3.18 bits per heavy atom. The van der Waals surface area contributed by atoms with Gasteiger partial charge in [-0.1, -0.05) is 28.1 Å². The van der Waals surface area contributed by atoms with Gasteiger partial charge in [0.2, 0.25) is 0 Å². The van der Waals surface area contributed by atoms with Crippen molar-refractivity contribution in [2.24, 2.45) is 5.92 Å². The van der Waals surface area contributed by atoms with Crippen molar-refractivity contribution in [3.8, 4) is 0 Å². The monoisotopic (exact) mass is 294 g/mol. The second-order valence-electron chi connectivity index (χ2n) is 5.26. The molecule has 3 rings (SSSR count). The molecular weight excluding hydrogens is 276 g/mol. The number of hydrogen-bond donors (Lipinski definition) is 1. The number of nitrogens with one attached hydrogen (secondary N) is 1. The fraction of sp³-hybridized carbons (Fsp3) is 0.571. The summed E-state index contributed by atoms with van der Waals surface area (Å²) < 4.78 is 1.19. The SMILES string of the molecule is Brc1cccc(CN2CCC3NCCC3C2)c1. The molecule has 0 aromatic heterocycles. The van der Waals surface area contributed by atoms with Crippen molar-refractivity contribution < 1.29 is 0 Å². The molecule has 0 bridgehead atoms. The van der Waals surface area contributed by atoms with E-state index in [1.807, 2.05) is 0 Å². The molecule has 2 atom stereocenters. The van der Waals surface area contributed by atoms with Crippen LogP contribution in [0.2, 0.25) is 0 Å². The minimum atomic E-state index is 0.800. The number of fused-ring (bicyclic) bond motifs is 1. The van der Waals surface area contributed by atoms with Gasteiger partial charge >= 0.3 is 0 Å². The summed E-state index contributed by atoms with van der Waals surface area (Å²) in [6.45, 7) is 4.83. The Labute approximate surface area is 112 Å². The summed E-state index contributed by atoms with van der Waals surface area (Å²) in [5, 5.41) is 3.62. The molecule has 3 heteroatoms. The summed E-state index contributed by atoms with van der Waals surface area (Å²) in [5.41, 5.74) is 1.42. The minimum Gasteiger partial charge on any atom is -0.314 e. The highest BCUT2D eigenvalue weighted by Gasteiger charge is 2.32. The molecule has 2 aliphatic rings. The quantitative estimate of drug-likeness (QED) is 0.902. The van der Waals surface area contributed by atoms with E-state index in [0.717, 1.165) is 18.5 Å². The molecule has 2 aliphatic heterocycles. The van der Waals surface area contributed by atoms with Crippen LogP contribution in [-0.4, -0.2) is 30.6 Å². The molecule has 1 N–H and O–H groups in total. The van der Waals surface area contributed by atoms with Gasteiger partial charge in [0.1, 0.15) is 0 Å². The van der Waals surface area contributed by atoms with Gasteiger partial charge in [0, 0.05) is 23.6 Å². The normalized spacial score (nSPS) is 29.2. The molecule has 2 saturated heterocycles. The van der Waals surface area contributed by atoms with E-state index in [0.29, 0.717) is 0 Å². The maximum absolute atomic E-state index is 3.62. The molecule has 0 spiro atoms. The summed E-state index contributed by atoms with van der Waals surface area (Å²) in [4.78, 5) is 2.61. The van der Waals surface area contributed by atoms with E-state index in [4.69, 9.17) is 0 Å². The largest absolute Gasteiger partial charge is 0.314 e. The Balaban J connectivity index is 1.62. The van der Waals surface area contributed by atoms with Crippen LogP contribution >= 0.6 is 15.9 Å². The average Bonchev–Trinajstić information content (AvgIpc) is 2.76. The maximum Gasteiger partial charge on any atom is 0.0234 e. The van der Waals surface area contributed by atoms with Gasteiger partial charge in [0.05, 0.1) is 0 Å². The highest BCUT2D eigenvalue weighted by Crippen LogP contribution is 2.25. The van der Waals surface area contributed by atoms with E-state index in [1.54, 1.807) is 0 Å². The predicted molar refractivity (Wildman–Crippen MR) is 73.9 cm³/mol. The Morgan fingerprint density at radius 1 is 1.35 bits per heavy atom. The van der Waals surface area contributed by atoms with Gasteiger partial charge in [-0.15, -0.1) is 0 Å². The molecule has 1 aromatic rings. The predicted octanol–water partition coefficient (Wildman–Crippen LogP) is 2.63. The minimum absolute atomic E-state index is 0.800. The first-order valence-electron chi connectivity index (χ1n) is 6.51. The van der Waals surface area contributed by atoms with Gasteiger partial charge in [0.15, 0.2) is 0 Å². The summed E-state index contributed by atoms with van der Waals surface area (Å²) in [7, 11) is 0. The first-order chi connectivity index (χ1) is 8.31. The average molecular weight is 295 g/mol. The first kappa shape index (κ1) is 11.7. The Morgan fingerprint density at radius 2 is 2.29 bits per heavy atom. The van der Waals surface area contributed by atoms with Gasteiger partial charge in [0.25, 0.3) is 0 Å². The van der Waals surface area contributed by atoms with Crippen molar-refractivity contribution in [2.45, 2.75) is 25.4 Å². The molecule has 0 aliphatic carbocycles. The van der Waals surface area contributed by atoms with Gasteiger partial charge < -0.3 is 5.32 Å². The second-order valence-corrected chi connectivity index (χ2v) is 6.18. The van der Waals surface area contributed by atoms with Crippen molar-refractivity contribution in [3.63, 3.8) is 0 Å². The molecule has 2 unspecified atom stereocenters. The van der Waals surface area contributed by atoms with Crippen LogP contribution in [0.25, 0.3) is 0 Å². The van der Waals surface area contributed by atoms with E-state index >= 15 is 0 Å². The Hall–Kier alpha value is -0.380. The van der Waals surface area contributed by atoms with Crippen LogP contribution in [0.3, 0.4) is 0 Å². The van der Waals surface area contributed by atoms with E-state index in [-0.39, 0.29) is 0 Å². The topological polar surface area (TPSA) is 15.3 Å². The Bertz CT molecular complexity index is 394. The van der Waals surface area contributed by atoms with Crippen LogP contribution in [0.4, 0.5) is 0 Å². The lowest BCUT2D eigenvalue weighted by Crippen LogP contribution is -2.43. The van der Waals surface area contributed by atoms with Crippen LogP contribution in [0, 0.1) is 5.92 Å². The van der Waals surface area contributed by atoms with Crippen LogP contribution in [0.5, 0.6) is 0 Å². The van der Waals surface area contributed by atoms with Crippen LogP contribution in [0.1, 0.15) is 18.4 Å². The smallest absolute Gasteiger partial charge is 0.0234 e. The number of piperidine rings is 1. The number of benzene rings is 1. The fourth-order valence-corrected chi connectivity index (χ4v) is 3.61. The lowest BCUT2D eigenvalue weighted by atomic mass is 9.93. The molecule has 0 amide bonds. The third kappa shape index (κ3) is 2.72. The van der Waals surface area contributed by atoms with Crippen molar-refractivity contribution in [1.82, 2.24) is 10.2 Å². The van der Waals surface area contributed by atoms with E-state index in [1.165, 1.54) is 42.5 Å². The number of hydrogen-bond acceptors (Lipinski definition) is 2. The summed E-state index contributed by atoms with van der Waals surface area (Å²) >= 11 is 3.54. The van der Waals surface area contributed by atoms with Crippen molar-refractivity contribution >= 4 is 15.9 Å². The number of nitrogens with zero attached hydrogens (tertiary/aromatic N) is 1. The number of rotatable bonds is 2. The molecular formula is C14H19BrN2. The number of likely N-dealkylation sites (tertiary alicyclic amines) is 1. The van der Waals surface area contributed by atoms with E-state index < -0.39 is 0 Å². The third-order valence-corrected chi connectivity index (χ3v) is 4.53. The van der Waals surface area contributed by atoms with Crippen LogP contribution in [-0.2, 0) is 6.54 Å². The molecule has 92 valence electrons. The van der Waals surface area contributed by atoms with Crippen molar-refractivity contribution in [1.29, 1.82) is 0 Å². The zero-order valence-corrected chi connectivity index (χ0v) is 11.6. The molecule has 2 heterocycles. The molecule has 0 radical (unpaired) electrons. The van der Waals surface area contributed by atoms with Gasteiger partial charge in [-0.05, 0) is 49.5 Å². The van der Waals surface area contributed by atoms with Crippen molar-refractivity contribution in [2.75, 3.05) is 19.6 Å². The molecule has 2 nitrogen and oxygen atoms in total.